The maximum absolute atomic E-state index is 13.3. The molecule has 5 heteroatoms. The molecule has 0 aliphatic carbocycles. The summed E-state index contributed by atoms with van der Waals surface area (Å²) in [6.07, 6.45) is -7.12. The van der Waals surface area contributed by atoms with Gasteiger partial charge in [0.05, 0.1) is 0 Å². The highest BCUT2D eigenvalue weighted by Crippen LogP contribution is 2.47. The summed E-state index contributed by atoms with van der Waals surface area (Å²) < 4.78 is 39.9. The van der Waals surface area contributed by atoms with Crippen LogP contribution in [0.5, 0.6) is 0 Å². The van der Waals surface area contributed by atoms with E-state index in [-0.39, 0.29) is 5.56 Å². The van der Waals surface area contributed by atoms with Crippen molar-refractivity contribution < 1.29 is 23.4 Å². The Morgan fingerprint density at radius 1 is 0.800 bits per heavy atom. The smallest absolute Gasteiger partial charge is 0.385 e. The summed E-state index contributed by atoms with van der Waals surface area (Å²) in [6, 6.07) is 13.9. The van der Waals surface area contributed by atoms with Gasteiger partial charge in [0, 0.05) is 0 Å². The van der Waals surface area contributed by atoms with Crippen LogP contribution in [-0.2, 0) is 5.60 Å². The first-order valence-electron chi connectivity index (χ1n) is 5.95. The SMILES string of the molecule is O[C@H](c1ccccc1)[C@](O)(c1ccccc1)C(F)(F)F. The molecule has 0 aromatic heterocycles. The van der Waals surface area contributed by atoms with Crippen LogP contribution in [0, 0.1) is 0 Å². The number of hydrogen-bond acceptors (Lipinski definition) is 2. The van der Waals surface area contributed by atoms with Gasteiger partial charge in [0.1, 0.15) is 6.10 Å². The third-order valence-electron chi connectivity index (χ3n) is 3.16. The number of aliphatic hydroxyl groups excluding tert-OH is 1. The normalized spacial score (nSPS) is 16.4. The molecular weight excluding hydrogens is 269 g/mol. The first kappa shape index (κ1) is 14.6. The fourth-order valence-corrected chi connectivity index (χ4v) is 2.05. The highest BCUT2D eigenvalue weighted by atomic mass is 19.4. The van der Waals surface area contributed by atoms with E-state index in [1.54, 1.807) is 6.07 Å². The van der Waals surface area contributed by atoms with Gasteiger partial charge in [-0.2, -0.15) is 13.2 Å². The van der Waals surface area contributed by atoms with E-state index in [9.17, 15) is 23.4 Å². The van der Waals surface area contributed by atoms with Crippen molar-refractivity contribution in [2.75, 3.05) is 0 Å². The standard InChI is InChI=1S/C15H13F3O2/c16-15(17,18)14(20,12-9-5-2-6-10-12)13(19)11-7-3-1-4-8-11/h1-10,13,19-20H/t13-,14-/m1/s1. The molecule has 0 radical (unpaired) electrons. The van der Waals surface area contributed by atoms with Crippen LogP contribution in [0.4, 0.5) is 13.2 Å². The van der Waals surface area contributed by atoms with Crippen LogP contribution < -0.4 is 0 Å². The Morgan fingerprint density at radius 3 is 1.70 bits per heavy atom. The lowest BCUT2D eigenvalue weighted by Crippen LogP contribution is -2.47. The molecule has 106 valence electrons. The van der Waals surface area contributed by atoms with Crippen molar-refractivity contribution in [3.05, 3.63) is 71.8 Å². The fourth-order valence-electron chi connectivity index (χ4n) is 2.05. The number of hydrogen-bond donors (Lipinski definition) is 2. The van der Waals surface area contributed by atoms with Crippen molar-refractivity contribution in [3.63, 3.8) is 0 Å². The Morgan fingerprint density at radius 2 is 1.25 bits per heavy atom. The second-order valence-corrected chi connectivity index (χ2v) is 4.44. The van der Waals surface area contributed by atoms with Gasteiger partial charge in [-0.05, 0) is 11.1 Å². The summed E-state index contributed by atoms with van der Waals surface area (Å²) in [7, 11) is 0. The van der Waals surface area contributed by atoms with Crippen molar-refractivity contribution in [3.8, 4) is 0 Å². The molecule has 0 saturated heterocycles. The zero-order valence-electron chi connectivity index (χ0n) is 10.4. The van der Waals surface area contributed by atoms with Crippen LogP contribution in [0.2, 0.25) is 0 Å². The molecule has 2 nitrogen and oxygen atoms in total. The van der Waals surface area contributed by atoms with Gasteiger partial charge in [-0.15, -0.1) is 0 Å². The van der Waals surface area contributed by atoms with E-state index < -0.39 is 23.4 Å². The van der Waals surface area contributed by atoms with Crippen LogP contribution in [0.3, 0.4) is 0 Å². The highest BCUT2D eigenvalue weighted by molar-refractivity contribution is 5.31. The monoisotopic (exact) mass is 282 g/mol. The number of halogens is 3. The lowest BCUT2D eigenvalue weighted by Gasteiger charge is -2.35. The summed E-state index contributed by atoms with van der Waals surface area (Å²) in [6.45, 7) is 0. The number of alkyl halides is 3. The second-order valence-electron chi connectivity index (χ2n) is 4.44. The Bertz CT molecular complexity index is 554. The average Bonchev–Trinajstić information content (AvgIpc) is 2.46. The first-order chi connectivity index (χ1) is 9.37. The molecule has 0 fully saturated rings. The van der Waals surface area contributed by atoms with E-state index in [1.165, 1.54) is 42.5 Å². The van der Waals surface area contributed by atoms with Gasteiger partial charge in [-0.1, -0.05) is 60.7 Å². The quantitative estimate of drug-likeness (QED) is 0.907. The predicted molar refractivity (Wildman–Crippen MR) is 67.8 cm³/mol. The average molecular weight is 282 g/mol. The van der Waals surface area contributed by atoms with E-state index in [0.29, 0.717) is 0 Å². The van der Waals surface area contributed by atoms with Gasteiger partial charge < -0.3 is 10.2 Å². The number of rotatable bonds is 3. The molecule has 0 aliphatic rings. The van der Waals surface area contributed by atoms with Crippen LogP contribution in [0.1, 0.15) is 17.2 Å². The minimum Gasteiger partial charge on any atom is -0.385 e. The van der Waals surface area contributed by atoms with Crippen LogP contribution in [-0.4, -0.2) is 16.4 Å². The van der Waals surface area contributed by atoms with Crippen LogP contribution >= 0.6 is 0 Å². The molecule has 2 N–H and O–H groups in total. The molecule has 0 unspecified atom stereocenters. The molecule has 2 aromatic rings. The van der Waals surface area contributed by atoms with E-state index >= 15 is 0 Å². The largest absolute Gasteiger partial charge is 0.424 e. The Kier molecular flexibility index (Phi) is 3.83. The van der Waals surface area contributed by atoms with Gasteiger partial charge in [0.2, 0.25) is 5.60 Å². The Balaban J connectivity index is 2.54. The van der Waals surface area contributed by atoms with E-state index in [1.807, 2.05) is 0 Å². The fraction of sp³-hybridized carbons (Fsp3) is 0.200. The van der Waals surface area contributed by atoms with E-state index in [2.05, 4.69) is 0 Å². The second kappa shape index (κ2) is 5.26. The predicted octanol–water partition coefficient (Wildman–Crippen LogP) is 3.17. The molecule has 0 amide bonds. The summed E-state index contributed by atoms with van der Waals surface area (Å²) >= 11 is 0. The molecule has 20 heavy (non-hydrogen) atoms. The number of aliphatic hydroxyl groups is 2. The molecular formula is C15H13F3O2. The molecule has 0 spiro atoms. The zero-order chi connectivity index (χ0) is 14.8. The minimum atomic E-state index is -5.01. The van der Waals surface area contributed by atoms with Gasteiger partial charge in [0.15, 0.2) is 0 Å². The summed E-state index contributed by atoms with van der Waals surface area (Å²) in [5.41, 5.74) is -3.75. The van der Waals surface area contributed by atoms with Crippen molar-refractivity contribution in [2.45, 2.75) is 17.9 Å². The Labute approximate surface area is 114 Å². The maximum Gasteiger partial charge on any atom is 0.424 e. The molecule has 0 heterocycles. The van der Waals surface area contributed by atoms with Gasteiger partial charge >= 0.3 is 6.18 Å². The summed E-state index contributed by atoms with van der Waals surface area (Å²) in [5.74, 6) is 0. The van der Waals surface area contributed by atoms with Crippen molar-refractivity contribution in [2.24, 2.45) is 0 Å². The molecule has 2 aromatic carbocycles. The van der Waals surface area contributed by atoms with Crippen LogP contribution in [0.15, 0.2) is 60.7 Å². The van der Waals surface area contributed by atoms with Crippen molar-refractivity contribution in [1.29, 1.82) is 0 Å². The molecule has 0 saturated carbocycles. The third-order valence-corrected chi connectivity index (χ3v) is 3.16. The van der Waals surface area contributed by atoms with E-state index in [4.69, 9.17) is 0 Å². The lowest BCUT2D eigenvalue weighted by molar-refractivity contribution is -0.300. The lowest BCUT2D eigenvalue weighted by atomic mass is 9.84. The summed E-state index contributed by atoms with van der Waals surface area (Å²) in [5, 5.41) is 20.2. The third kappa shape index (κ3) is 2.42. The van der Waals surface area contributed by atoms with Crippen molar-refractivity contribution in [1.82, 2.24) is 0 Å². The summed E-state index contributed by atoms with van der Waals surface area (Å²) in [4.78, 5) is 0. The minimum absolute atomic E-state index is 0.00354. The van der Waals surface area contributed by atoms with Gasteiger partial charge in [0.25, 0.3) is 0 Å². The molecule has 0 aliphatic heterocycles. The maximum atomic E-state index is 13.3. The van der Waals surface area contributed by atoms with Crippen LogP contribution in [0.25, 0.3) is 0 Å². The topological polar surface area (TPSA) is 40.5 Å². The molecule has 0 bridgehead atoms. The molecule has 2 atom stereocenters. The van der Waals surface area contributed by atoms with Gasteiger partial charge in [-0.25, -0.2) is 0 Å². The van der Waals surface area contributed by atoms with E-state index in [0.717, 1.165) is 12.1 Å². The molecule has 2 rings (SSSR count). The number of benzene rings is 2. The highest BCUT2D eigenvalue weighted by Gasteiger charge is 2.60. The zero-order valence-corrected chi connectivity index (χ0v) is 10.4. The van der Waals surface area contributed by atoms with Gasteiger partial charge in [-0.3, -0.25) is 0 Å². The Hall–Kier alpha value is -1.85. The van der Waals surface area contributed by atoms with Crippen molar-refractivity contribution >= 4 is 0 Å². The first-order valence-corrected chi connectivity index (χ1v) is 5.95.